The number of carboxylic acids is 1. The number of halogens is 2. The fourth-order valence-electron chi connectivity index (χ4n) is 2.35. The number of hydrogen-bond donors (Lipinski definition) is 1. The molecular weight excluding hydrogens is 317 g/mol. The summed E-state index contributed by atoms with van der Waals surface area (Å²) in [5.41, 5.74) is 0.235. The van der Waals surface area contributed by atoms with Gasteiger partial charge in [-0.1, -0.05) is 0 Å². The average molecular weight is 330 g/mol. The van der Waals surface area contributed by atoms with Gasteiger partial charge in [-0.25, -0.2) is 4.39 Å². The Hall–Kier alpha value is -1.43. The average Bonchev–Trinajstić information content (AvgIpc) is 2.74. The first-order valence-electron chi connectivity index (χ1n) is 5.90. The molecule has 1 aliphatic heterocycles. The topological polar surface area (TPSA) is 57.6 Å². The summed E-state index contributed by atoms with van der Waals surface area (Å²) in [5.74, 6) is -2.29. The van der Waals surface area contributed by atoms with Crippen LogP contribution in [0.4, 0.5) is 4.39 Å². The molecule has 1 aliphatic rings. The summed E-state index contributed by atoms with van der Waals surface area (Å²) in [6.45, 7) is 2.09. The number of amides is 1. The molecule has 0 bridgehead atoms. The number of benzene rings is 1. The van der Waals surface area contributed by atoms with Crippen molar-refractivity contribution in [2.45, 2.75) is 19.4 Å². The molecule has 19 heavy (non-hydrogen) atoms. The van der Waals surface area contributed by atoms with E-state index in [2.05, 4.69) is 15.9 Å². The maximum absolute atomic E-state index is 13.4. The fourth-order valence-corrected chi connectivity index (χ4v) is 2.60. The highest BCUT2D eigenvalue weighted by Gasteiger charge is 2.38. The Morgan fingerprint density at radius 2 is 2.16 bits per heavy atom. The van der Waals surface area contributed by atoms with Crippen molar-refractivity contribution in [2.75, 3.05) is 6.54 Å². The van der Waals surface area contributed by atoms with Gasteiger partial charge in [-0.05, 0) is 47.5 Å². The normalized spacial score (nSPS) is 22.6. The quantitative estimate of drug-likeness (QED) is 0.907. The number of likely N-dealkylation sites (tertiary alicyclic amines) is 1. The van der Waals surface area contributed by atoms with Crippen LogP contribution in [0.5, 0.6) is 0 Å². The van der Waals surface area contributed by atoms with Crippen LogP contribution in [0.3, 0.4) is 0 Å². The van der Waals surface area contributed by atoms with Crippen LogP contribution in [0.15, 0.2) is 22.7 Å². The molecule has 2 unspecified atom stereocenters. The molecular formula is C13H13BrFNO3. The molecule has 1 saturated heterocycles. The maximum atomic E-state index is 13.4. The van der Waals surface area contributed by atoms with Crippen molar-refractivity contribution in [2.24, 2.45) is 5.92 Å². The van der Waals surface area contributed by atoms with E-state index in [0.29, 0.717) is 17.4 Å². The van der Waals surface area contributed by atoms with Crippen molar-refractivity contribution in [3.05, 3.63) is 34.1 Å². The van der Waals surface area contributed by atoms with E-state index in [1.807, 2.05) is 0 Å². The first-order valence-corrected chi connectivity index (χ1v) is 6.70. The zero-order chi connectivity index (χ0) is 14.2. The fraction of sp³-hybridized carbons (Fsp3) is 0.385. The number of carbonyl (C=O) groups is 2. The Morgan fingerprint density at radius 3 is 2.68 bits per heavy atom. The largest absolute Gasteiger partial charge is 0.481 e. The molecule has 0 aliphatic carbocycles. The summed E-state index contributed by atoms with van der Waals surface area (Å²) in [6.07, 6.45) is 0.432. The van der Waals surface area contributed by atoms with Crippen molar-refractivity contribution in [3.63, 3.8) is 0 Å². The summed E-state index contributed by atoms with van der Waals surface area (Å²) in [4.78, 5) is 24.7. The van der Waals surface area contributed by atoms with E-state index < -0.39 is 17.7 Å². The molecule has 1 amide bonds. The van der Waals surface area contributed by atoms with Gasteiger partial charge in [0.25, 0.3) is 5.91 Å². The smallest absolute Gasteiger partial charge is 0.308 e. The predicted octanol–water partition coefficient (Wildman–Crippen LogP) is 2.52. The summed E-state index contributed by atoms with van der Waals surface area (Å²) < 4.78 is 13.7. The molecule has 1 N–H and O–H groups in total. The molecule has 1 aromatic rings. The molecule has 2 rings (SSSR count). The van der Waals surface area contributed by atoms with Gasteiger partial charge in [0.15, 0.2) is 0 Å². The van der Waals surface area contributed by atoms with E-state index in [1.54, 1.807) is 6.92 Å². The first kappa shape index (κ1) is 14.0. The van der Waals surface area contributed by atoms with Crippen LogP contribution in [-0.4, -0.2) is 34.5 Å². The Balaban J connectivity index is 2.21. The first-order chi connectivity index (χ1) is 8.91. The number of aliphatic carboxylic acids is 1. The number of rotatable bonds is 2. The Kier molecular flexibility index (Phi) is 3.89. The minimum atomic E-state index is -0.898. The lowest BCUT2D eigenvalue weighted by Gasteiger charge is -2.23. The third-order valence-corrected chi connectivity index (χ3v) is 4.14. The third kappa shape index (κ3) is 2.63. The Bertz CT molecular complexity index is 535. The number of hydrogen-bond acceptors (Lipinski definition) is 2. The highest BCUT2D eigenvalue weighted by Crippen LogP contribution is 2.27. The van der Waals surface area contributed by atoms with E-state index in [0.717, 1.165) is 6.07 Å². The number of carbonyl (C=O) groups excluding carboxylic acids is 1. The van der Waals surface area contributed by atoms with Crippen molar-refractivity contribution in [1.82, 2.24) is 4.90 Å². The maximum Gasteiger partial charge on any atom is 0.308 e. The third-order valence-electron chi connectivity index (χ3n) is 3.50. The van der Waals surface area contributed by atoms with Gasteiger partial charge >= 0.3 is 5.97 Å². The van der Waals surface area contributed by atoms with Crippen molar-refractivity contribution < 1.29 is 19.1 Å². The van der Waals surface area contributed by atoms with Gasteiger partial charge in [0.2, 0.25) is 0 Å². The van der Waals surface area contributed by atoms with E-state index in [-0.39, 0.29) is 17.5 Å². The zero-order valence-corrected chi connectivity index (χ0v) is 11.9. The molecule has 0 aromatic heterocycles. The van der Waals surface area contributed by atoms with Crippen LogP contribution in [0.2, 0.25) is 0 Å². The minimum absolute atomic E-state index is 0.235. The second kappa shape index (κ2) is 5.28. The highest BCUT2D eigenvalue weighted by atomic mass is 79.9. The SMILES string of the molecule is CC1C(C(=O)O)CCN1C(=O)c1ccc(Br)c(F)c1. The van der Waals surface area contributed by atoms with Crippen molar-refractivity contribution in [1.29, 1.82) is 0 Å². The summed E-state index contributed by atoms with van der Waals surface area (Å²) >= 11 is 3.02. The second-order valence-corrected chi connectivity index (χ2v) is 5.46. The molecule has 0 radical (unpaired) electrons. The van der Waals surface area contributed by atoms with Crippen molar-refractivity contribution >= 4 is 27.8 Å². The zero-order valence-electron chi connectivity index (χ0n) is 10.3. The van der Waals surface area contributed by atoms with Gasteiger partial charge in [0, 0.05) is 18.2 Å². The van der Waals surface area contributed by atoms with Crippen LogP contribution < -0.4 is 0 Å². The van der Waals surface area contributed by atoms with E-state index in [1.165, 1.54) is 17.0 Å². The van der Waals surface area contributed by atoms with Gasteiger partial charge in [-0.2, -0.15) is 0 Å². The second-order valence-electron chi connectivity index (χ2n) is 4.60. The minimum Gasteiger partial charge on any atom is -0.481 e. The molecule has 2 atom stereocenters. The Labute approximate surface area is 118 Å². The van der Waals surface area contributed by atoms with Crippen LogP contribution in [-0.2, 0) is 4.79 Å². The van der Waals surface area contributed by atoms with Gasteiger partial charge in [-0.3, -0.25) is 9.59 Å². The molecule has 0 saturated carbocycles. The lowest BCUT2D eigenvalue weighted by molar-refractivity contribution is -0.142. The van der Waals surface area contributed by atoms with Gasteiger partial charge in [0.1, 0.15) is 5.82 Å². The van der Waals surface area contributed by atoms with Crippen LogP contribution in [0.1, 0.15) is 23.7 Å². The van der Waals surface area contributed by atoms with Crippen LogP contribution >= 0.6 is 15.9 Å². The van der Waals surface area contributed by atoms with E-state index in [4.69, 9.17) is 5.11 Å². The molecule has 6 heteroatoms. The summed E-state index contributed by atoms with van der Waals surface area (Å²) in [5, 5.41) is 9.03. The van der Waals surface area contributed by atoms with Crippen molar-refractivity contribution in [3.8, 4) is 0 Å². The lowest BCUT2D eigenvalue weighted by atomic mass is 10.0. The highest BCUT2D eigenvalue weighted by molar-refractivity contribution is 9.10. The predicted molar refractivity (Wildman–Crippen MR) is 70.3 cm³/mol. The van der Waals surface area contributed by atoms with Gasteiger partial charge in [-0.15, -0.1) is 0 Å². The summed E-state index contributed by atoms with van der Waals surface area (Å²) in [6, 6.07) is 3.78. The summed E-state index contributed by atoms with van der Waals surface area (Å²) in [7, 11) is 0. The van der Waals surface area contributed by atoms with Crippen LogP contribution in [0, 0.1) is 11.7 Å². The van der Waals surface area contributed by atoms with Crippen LogP contribution in [0.25, 0.3) is 0 Å². The number of carboxylic acid groups (broad SMARTS) is 1. The lowest BCUT2D eigenvalue weighted by Crippen LogP contribution is -2.37. The molecule has 1 aromatic carbocycles. The molecule has 0 spiro atoms. The monoisotopic (exact) mass is 329 g/mol. The molecule has 1 fully saturated rings. The molecule has 1 heterocycles. The van der Waals surface area contributed by atoms with E-state index >= 15 is 0 Å². The molecule has 102 valence electrons. The van der Waals surface area contributed by atoms with Gasteiger partial charge in [0.05, 0.1) is 10.4 Å². The standard InChI is InChI=1S/C13H13BrFNO3/c1-7-9(13(18)19)4-5-16(7)12(17)8-2-3-10(14)11(15)6-8/h2-3,6-7,9H,4-5H2,1H3,(H,18,19). The van der Waals surface area contributed by atoms with Gasteiger partial charge < -0.3 is 10.0 Å². The number of nitrogens with zero attached hydrogens (tertiary/aromatic N) is 1. The Morgan fingerprint density at radius 1 is 1.47 bits per heavy atom. The van der Waals surface area contributed by atoms with E-state index in [9.17, 15) is 14.0 Å². The molecule has 4 nitrogen and oxygen atoms in total.